The highest BCUT2D eigenvalue weighted by molar-refractivity contribution is 5.91. The summed E-state index contributed by atoms with van der Waals surface area (Å²) in [6, 6.07) is 4.91. The zero-order valence-electron chi connectivity index (χ0n) is 13.3. The molecule has 6 heteroatoms. The Morgan fingerprint density at radius 3 is 2.00 bits per heavy atom. The molecule has 1 aromatic rings. The highest BCUT2D eigenvalue weighted by atomic mass is 16.5. The monoisotopic (exact) mass is 307 g/mol. The van der Waals surface area contributed by atoms with Crippen molar-refractivity contribution in [2.75, 3.05) is 19.8 Å². The molecule has 0 N–H and O–H groups in total. The van der Waals surface area contributed by atoms with E-state index in [4.69, 9.17) is 24.2 Å². The number of ether oxygens (including phenoxy) is 4. The number of carbonyl (C=O) groups is 1. The van der Waals surface area contributed by atoms with Gasteiger partial charge in [0.15, 0.2) is 17.6 Å². The SMILES string of the molecule is CCOc1cc(C(=O)O[C@H](C)C#N)cc(OCC)c1OCC. The van der Waals surface area contributed by atoms with Crippen molar-refractivity contribution in [3.63, 3.8) is 0 Å². The quantitative estimate of drug-likeness (QED) is 0.687. The third kappa shape index (κ3) is 4.55. The van der Waals surface area contributed by atoms with Crippen molar-refractivity contribution in [1.82, 2.24) is 0 Å². The molecule has 0 unspecified atom stereocenters. The lowest BCUT2D eigenvalue weighted by Gasteiger charge is -2.17. The summed E-state index contributed by atoms with van der Waals surface area (Å²) in [6.07, 6.45) is -0.829. The molecule has 0 heterocycles. The third-order valence-corrected chi connectivity index (χ3v) is 2.61. The van der Waals surface area contributed by atoms with Crippen LogP contribution in [0.25, 0.3) is 0 Å². The molecule has 0 aliphatic carbocycles. The summed E-state index contributed by atoms with van der Waals surface area (Å²) < 4.78 is 21.6. The van der Waals surface area contributed by atoms with Crippen LogP contribution in [0.4, 0.5) is 0 Å². The first-order valence-corrected chi connectivity index (χ1v) is 7.24. The van der Waals surface area contributed by atoms with Crippen molar-refractivity contribution in [3.8, 4) is 23.3 Å². The second-order valence-corrected chi connectivity index (χ2v) is 4.28. The topological polar surface area (TPSA) is 77.8 Å². The number of carbonyl (C=O) groups excluding carboxylic acids is 1. The van der Waals surface area contributed by atoms with Gasteiger partial charge in [-0.1, -0.05) is 0 Å². The summed E-state index contributed by atoms with van der Waals surface area (Å²) in [5, 5.41) is 8.73. The molecule has 0 fully saturated rings. The molecule has 6 nitrogen and oxygen atoms in total. The van der Waals surface area contributed by atoms with Crippen molar-refractivity contribution in [2.45, 2.75) is 33.8 Å². The standard InChI is InChI=1S/C16H21NO5/c1-5-19-13-8-12(16(18)22-11(4)10-17)9-14(20-6-2)15(13)21-7-3/h8-9,11H,5-7H2,1-4H3/t11-/m1/s1. The summed E-state index contributed by atoms with van der Waals surface area (Å²) in [4.78, 5) is 12.1. The first-order chi connectivity index (χ1) is 10.6. The van der Waals surface area contributed by atoms with Crippen LogP contribution in [0.15, 0.2) is 12.1 Å². The van der Waals surface area contributed by atoms with E-state index >= 15 is 0 Å². The number of benzene rings is 1. The number of nitriles is 1. The van der Waals surface area contributed by atoms with Crippen molar-refractivity contribution in [3.05, 3.63) is 17.7 Å². The van der Waals surface area contributed by atoms with Crippen LogP contribution in [0, 0.1) is 11.3 Å². The molecule has 0 saturated carbocycles. The summed E-state index contributed by atoms with van der Waals surface area (Å²) >= 11 is 0. The van der Waals surface area contributed by atoms with E-state index in [9.17, 15) is 4.79 Å². The van der Waals surface area contributed by atoms with E-state index < -0.39 is 12.1 Å². The van der Waals surface area contributed by atoms with Gasteiger partial charge in [-0.3, -0.25) is 0 Å². The van der Waals surface area contributed by atoms with Gasteiger partial charge in [0.05, 0.1) is 25.4 Å². The largest absolute Gasteiger partial charge is 0.490 e. The van der Waals surface area contributed by atoms with Crippen molar-refractivity contribution in [1.29, 1.82) is 5.26 Å². The van der Waals surface area contributed by atoms with Crippen molar-refractivity contribution in [2.24, 2.45) is 0 Å². The van der Waals surface area contributed by atoms with E-state index in [0.717, 1.165) is 0 Å². The Bertz CT molecular complexity index is 523. The van der Waals surface area contributed by atoms with Crippen LogP contribution >= 0.6 is 0 Å². The number of hydrogen-bond donors (Lipinski definition) is 0. The zero-order chi connectivity index (χ0) is 16.5. The number of hydrogen-bond acceptors (Lipinski definition) is 6. The minimum atomic E-state index is -0.829. The third-order valence-electron chi connectivity index (χ3n) is 2.61. The van der Waals surface area contributed by atoms with Crippen LogP contribution in [-0.2, 0) is 4.74 Å². The van der Waals surface area contributed by atoms with Gasteiger partial charge in [0.1, 0.15) is 6.07 Å². The lowest BCUT2D eigenvalue weighted by molar-refractivity contribution is 0.0434. The molecule has 0 aliphatic rings. The number of nitrogens with zero attached hydrogens (tertiary/aromatic N) is 1. The average molecular weight is 307 g/mol. The van der Waals surface area contributed by atoms with Gasteiger partial charge in [0.25, 0.3) is 0 Å². The normalized spacial score (nSPS) is 11.2. The van der Waals surface area contributed by atoms with Crippen LogP contribution in [0.3, 0.4) is 0 Å². The van der Waals surface area contributed by atoms with Crippen molar-refractivity contribution < 1.29 is 23.7 Å². The van der Waals surface area contributed by atoms with E-state index in [1.807, 2.05) is 26.8 Å². The van der Waals surface area contributed by atoms with E-state index in [1.54, 1.807) is 0 Å². The average Bonchev–Trinajstić information content (AvgIpc) is 2.50. The molecular weight excluding hydrogens is 286 g/mol. The van der Waals surface area contributed by atoms with Gasteiger partial charge in [-0.2, -0.15) is 5.26 Å². The van der Waals surface area contributed by atoms with Crippen LogP contribution in [0.1, 0.15) is 38.1 Å². The molecule has 0 amide bonds. The van der Waals surface area contributed by atoms with E-state index in [1.165, 1.54) is 19.1 Å². The zero-order valence-corrected chi connectivity index (χ0v) is 13.3. The highest BCUT2D eigenvalue weighted by Crippen LogP contribution is 2.39. The van der Waals surface area contributed by atoms with Crippen LogP contribution in [0.5, 0.6) is 17.2 Å². The molecule has 1 aromatic carbocycles. The first kappa shape index (κ1) is 17.6. The maximum absolute atomic E-state index is 12.1. The molecule has 0 aliphatic heterocycles. The maximum atomic E-state index is 12.1. The molecule has 0 saturated heterocycles. The summed E-state index contributed by atoms with van der Waals surface area (Å²) in [7, 11) is 0. The molecular formula is C16H21NO5. The summed E-state index contributed by atoms with van der Waals surface area (Å²) in [6.45, 7) is 8.28. The highest BCUT2D eigenvalue weighted by Gasteiger charge is 2.20. The fourth-order valence-corrected chi connectivity index (χ4v) is 1.76. The molecule has 22 heavy (non-hydrogen) atoms. The van der Waals surface area contributed by atoms with Gasteiger partial charge in [0, 0.05) is 0 Å². The molecule has 1 rings (SSSR count). The van der Waals surface area contributed by atoms with Gasteiger partial charge in [0.2, 0.25) is 5.75 Å². The number of rotatable bonds is 8. The first-order valence-electron chi connectivity index (χ1n) is 7.24. The lowest BCUT2D eigenvalue weighted by Crippen LogP contribution is -2.14. The minimum absolute atomic E-state index is 0.248. The van der Waals surface area contributed by atoms with E-state index in [2.05, 4.69) is 0 Å². The Balaban J connectivity index is 3.23. The Labute approximate surface area is 130 Å². The van der Waals surface area contributed by atoms with Crippen molar-refractivity contribution >= 4 is 5.97 Å². The molecule has 120 valence electrons. The Morgan fingerprint density at radius 2 is 1.59 bits per heavy atom. The van der Waals surface area contributed by atoms with Gasteiger partial charge >= 0.3 is 5.97 Å². The minimum Gasteiger partial charge on any atom is -0.490 e. The van der Waals surface area contributed by atoms with Gasteiger partial charge in [-0.25, -0.2) is 4.79 Å². The summed E-state index contributed by atoms with van der Waals surface area (Å²) in [5.41, 5.74) is 0.248. The molecule has 0 radical (unpaired) electrons. The summed E-state index contributed by atoms with van der Waals surface area (Å²) in [5.74, 6) is 0.661. The second-order valence-electron chi connectivity index (χ2n) is 4.28. The number of esters is 1. The Morgan fingerprint density at radius 1 is 1.09 bits per heavy atom. The predicted octanol–water partition coefficient (Wildman–Crippen LogP) is 2.95. The fraction of sp³-hybridized carbons (Fsp3) is 0.500. The van der Waals surface area contributed by atoms with E-state index in [-0.39, 0.29) is 5.56 Å². The maximum Gasteiger partial charge on any atom is 0.339 e. The second kappa shape index (κ2) is 8.78. The predicted molar refractivity (Wildman–Crippen MR) is 80.4 cm³/mol. The van der Waals surface area contributed by atoms with Gasteiger partial charge < -0.3 is 18.9 Å². The fourth-order valence-electron chi connectivity index (χ4n) is 1.76. The smallest absolute Gasteiger partial charge is 0.339 e. The van der Waals surface area contributed by atoms with Gasteiger partial charge in [-0.15, -0.1) is 0 Å². The Kier molecular flexibility index (Phi) is 7.03. The van der Waals surface area contributed by atoms with E-state index in [0.29, 0.717) is 37.1 Å². The molecule has 0 bridgehead atoms. The Hall–Kier alpha value is -2.42. The van der Waals surface area contributed by atoms with Crippen LogP contribution in [-0.4, -0.2) is 31.9 Å². The molecule has 0 aromatic heterocycles. The molecule has 1 atom stereocenters. The lowest BCUT2D eigenvalue weighted by atomic mass is 10.1. The van der Waals surface area contributed by atoms with Crippen LogP contribution in [0.2, 0.25) is 0 Å². The van der Waals surface area contributed by atoms with Gasteiger partial charge in [-0.05, 0) is 39.8 Å². The molecule has 0 spiro atoms. The van der Waals surface area contributed by atoms with Crippen LogP contribution < -0.4 is 14.2 Å².